The Morgan fingerprint density at radius 2 is 1.72 bits per heavy atom. The first-order chi connectivity index (χ1) is 22.2. The van der Waals surface area contributed by atoms with E-state index in [-0.39, 0.29) is 64.0 Å². The minimum absolute atomic E-state index is 0.00224. The number of amides is 3. The van der Waals surface area contributed by atoms with Crippen molar-refractivity contribution in [1.82, 2.24) is 4.98 Å². The van der Waals surface area contributed by atoms with Crippen molar-refractivity contribution < 1.29 is 19.1 Å². The molecule has 46 heavy (non-hydrogen) atoms. The zero-order valence-corrected chi connectivity index (χ0v) is 29.2. The third-order valence-electron chi connectivity index (χ3n) is 9.78. The number of thioether (sulfide) groups is 1. The molecule has 3 fully saturated rings. The van der Waals surface area contributed by atoms with Gasteiger partial charge >= 0.3 is 4.87 Å². The largest absolute Gasteiger partial charge is 0.483 e. The number of aromatic amines is 1. The standard InChI is InChI=1S/C34H27Br2N3O5S2/c1-15-3-2-4-18(11-15)37-24(40)14-44-23-10-7-17(36)12-20(23)25-26-21-13-22(29(26)45-31-30(25)46-34(43)38-31)28-27(21)32(41)39(33(28)42)19-8-5-16(35)6-9-19/h2-12,21-22,25-29H,13-14H2,1H3,(H,37,40)(H,38,43)/t21?,22?,25-,26?,27?,28?,29?/m1/s1. The lowest BCUT2D eigenvalue weighted by Crippen LogP contribution is -2.42. The average Bonchev–Trinajstić information content (AvgIpc) is 3.76. The molecule has 8 nitrogen and oxygen atoms in total. The molecule has 2 aliphatic carbocycles. The molecule has 3 heterocycles. The number of H-pyrrole nitrogens is 1. The van der Waals surface area contributed by atoms with Gasteiger partial charge in [-0.05, 0) is 91.3 Å². The van der Waals surface area contributed by atoms with Crippen LogP contribution in [0.25, 0.3) is 0 Å². The molecular formula is C34H27Br2N3O5S2. The lowest BCUT2D eigenvalue weighted by Gasteiger charge is -2.43. The Morgan fingerprint density at radius 1 is 0.978 bits per heavy atom. The molecule has 3 amide bonds. The molecule has 0 spiro atoms. The summed E-state index contributed by atoms with van der Waals surface area (Å²) >= 11 is 9.91. The lowest BCUT2D eigenvalue weighted by atomic mass is 9.68. The van der Waals surface area contributed by atoms with Gasteiger partial charge in [-0.2, -0.15) is 0 Å². The maximum atomic E-state index is 14.1. The van der Waals surface area contributed by atoms with Crippen molar-refractivity contribution in [2.45, 2.75) is 29.5 Å². The van der Waals surface area contributed by atoms with Crippen molar-refractivity contribution in [3.05, 3.63) is 101 Å². The van der Waals surface area contributed by atoms with Gasteiger partial charge in [0.05, 0.1) is 22.5 Å². The van der Waals surface area contributed by atoms with E-state index in [1.54, 1.807) is 23.9 Å². The van der Waals surface area contributed by atoms with Crippen LogP contribution in [0.2, 0.25) is 0 Å². The van der Waals surface area contributed by atoms with Gasteiger partial charge in [0.1, 0.15) is 5.75 Å². The van der Waals surface area contributed by atoms with Crippen LogP contribution in [0.5, 0.6) is 5.75 Å². The van der Waals surface area contributed by atoms with E-state index in [9.17, 15) is 19.2 Å². The number of imide groups is 1. The molecule has 234 valence electrons. The number of carbonyl (C=O) groups is 3. The number of rotatable bonds is 6. The minimum atomic E-state index is -0.417. The number of anilines is 2. The lowest BCUT2D eigenvalue weighted by molar-refractivity contribution is -0.123. The van der Waals surface area contributed by atoms with E-state index in [4.69, 9.17) is 4.74 Å². The molecule has 4 aliphatic rings. The summed E-state index contributed by atoms with van der Waals surface area (Å²) in [7, 11) is 0. The summed E-state index contributed by atoms with van der Waals surface area (Å²) < 4.78 is 7.93. The molecular weight excluding hydrogens is 754 g/mol. The Hall–Kier alpha value is -3.19. The number of ether oxygens (including phenoxy) is 1. The van der Waals surface area contributed by atoms with Gasteiger partial charge in [-0.3, -0.25) is 24.1 Å². The molecule has 1 aromatic heterocycles. The first-order valence-electron chi connectivity index (χ1n) is 15.0. The summed E-state index contributed by atoms with van der Waals surface area (Å²) in [6, 6.07) is 20.6. The quantitative estimate of drug-likeness (QED) is 0.205. The topological polar surface area (TPSA) is 109 Å². The fourth-order valence-corrected chi connectivity index (χ4v) is 11.7. The van der Waals surface area contributed by atoms with Crippen molar-refractivity contribution in [2.75, 3.05) is 16.8 Å². The second-order valence-electron chi connectivity index (χ2n) is 12.3. The smallest absolute Gasteiger partial charge is 0.305 e. The van der Waals surface area contributed by atoms with Crippen LogP contribution in [0.15, 0.2) is 85.5 Å². The molecule has 2 aliphatic heterocycles. The number of carbonyl (C=O) groups excluding carboxylic acids is 3. The number of halogens is 2. The van der Waals surface area contributed by atoms with Gasteiger partial charge in [-0.1, -0.05) is 55.3 Å². The average molecular weight is 782 g/mol. The summed E-state index contributed by atoms with van der Waals surface area (Å²) in [5.74, 6) is -1.11. The molecule has 2 N–H and O–H groups in total. The minimum Gasteiger partial charge on any atom is -0.483 e. The molecule has 12 heteroatoms. The molecule has 3 aromatic carbocycles. The molecule has 6 unspecified atom stereocenters. The Balaban J connectivity index is 1.14. The number of aryl methyl sites for hydroxylation is 1. The van der Waals surface area contributed by atoms with Crippen LogP contribution in [0.1, 0.15) is 28.3 Å². The van der Waals surface area contributed by atoms with Crippen molar-refractivity contribution in [2.24, 2.45) is 29.6 Å². The number of nitrogens with one attached hydrogen (secondary N) is 2. The monoisotopic (exact) mass is 779 g/mol. The van der Waals surface area contributed by atoms with E-state index in [2.05, 4.69) is 42.2 Å². The molecule has 4 aromatic rings. The highest BCUT2D eigenvalue weighted by molar-refractivity contribution is 9.10. The van der Waals surface area contributed by atoms with E-state index in [1.165, 1.54) is 16.2 Å². The highest BCUT2D eigenvalue weighted by Crippen LogP contribution is 2.69. The molecule has 7 atom stereocenters. The Morgan fingerprint density at radius 3 is 2.48 bits per heavy atom. The zero-order valence-electron chi connectivity index (χ0n) is 24.4. The number of benzene rings is 3. The van der Waals surface area contributed by atoms with Gasteiger partial charge < -0.3 is 15.0 Å². The number of hydrogen-bond acceptors (Lipinski definition) is 7. The van der Waals surface area contributed by atoms with Crippen LogP contribution in [0.4, 0.5) is 11.4 Å². The third-order valence-corrected chi connectivity index (χ3v) is 13.4. The van der Waals surface area contributed by atoms with Gasteiger partial charge in [0, 0.05) is 36.2 Å². The molecule has 2 saturated carbocycles. The van der Waals surface area contributed by atoms with E-state index in [0.29, 0.717) is 17.1 Å². The van der Waals surface area contributed by atoms with Crippen LogP contribution < -0.4 is 19.8 Å². The second kappa shape index (κ2) is 11.5. The molecule has 1 saturated heterocycles. The predicted molar refractivity (Wildman–Crippen MR) is 185 cm³/mol. The molecule has 0 radical (unpaired) electrons. The van der Waals surface area contributed by atoms with E-state index >= 15 is 0 Å². The molecule has 2 bridgehead atoms. The van der Waals surface area contributed by atoms with Crippen molar-refractivity contribution in [3.63, 3.8) is 0 Å². The highest BCUT2D eigenvalue weighted by atomic mass is 79.9. The first-order valence-corrected chi connectivity index (χ1v) is 18.3. The Bertz CT molecular complexity index is 1980. The fourth-order valence-electron chi connectivity index (χ4n) is 8.17. The Kier molecular flexibility index (Phi) is 7.54. The van der Waals surface area contributed by atoms with E-state index in [0.717, 1.165) is 36.4 Å². The SMILES string of the molecule is Cc1cccc(NC(=O)COc2ccc(Br)cc2[C@H]2c3sc(=O)[nH]c3SC3C4CC(C5C(=O)N(c6ccc(Br)cc6)C(=O)C45)C32)c1. The third kappa shape index (κ3) is 4.91. The van der Waals surface area contributed by atoms with Crippen LogP contribution in [-0.4, -0.2) is 34.6 Å². The summed E-state index contributed by atoms with van der Waals surface area (Å²) in [5, 5.41) is 3.75. The Labute approximate surface area is 289 Å². The number of hydrogen-bond donors (Lipinski definition) is 2. The molecule has 8 rings (SSSR count). The van der Waals surface area contributed by atoms with Gasteiger partial charge in [0.15, 0.2) is 6.61 Å². The van der Waals surface area contributed by atoms with Crippen LogP contribution in [0.3, 0.4) is 0 Å². The second-order valence-corrected chi connectivity index (χ2v) is 16.4. The highest BCUT2D eigenvalue weighted by Gasteiger charge is 2.69. The number of fused-ring (bicyclic) bond motifs is 9. The van der Waals surface area contributed by atoms with Gasteiger partial charge in [0.2, 0.25) is 11.8 Å². The van der Waals surface area contributed by atoms with Gasteiger partial charge in [0.25, 0.3) is 5.91 Å². The fraction of sp³-hybridized carbons (Fsp3) is 0.294. The predicted octanol–water partition coefficient (Wildman–Crippen LogP) is 6.97. The van der Waals surface area contributed by atoms with Crippen LogP contribution >= 0.6 is 55.0 Å². The number of nitrogens with zero attached hydrogens (tertiary/aromatic N) is 1. The van der Waals surface area contributed by atoms with Crippen molar-refractivity contribution in [1.29, 1.82) is 0 Å². The maximum absolute atomic E-state index is 14.1. The zero-order chi connectivity index (χ0) is 31.9. The number of thiazole rings is 1. The first kappa shape index (κ1) is 30.2. The van der Waals surface area contributed by atoms with Crippen LogP contribution in [0, 0.1) is 36.5 Å². The van der Waals surface area contributed by atoms with Gasteiger partial charge in [-0.15, -0.1) is 11.8 Å². The summed E-state index contributed by atoms with van der Waals surface area (Å²) in [4.78, 5) is 58.9. The van der Waals surface area contributed by atoms with Gasteiger partial charge in [-0.25, -0.2) is 0 Å². The van der Waals surface area contributed by atoms with E-state index < -0.39 is 5.92 Å². The summed E-state index contributed by atoms with van der Waals surface area (Å²) in [5.41, 5.74) is 3.18. The normalized spacial score (nSPS) is 27.4. The summed E-state index contributed by atoms with van der Waals surface area (Å²) in [6.45, 7) is 1.77. The van der Waals surface area contributed by atoms with Crippen molar-refractivity contribution in [3.8, 4) is 5.75 Å². The van der Waals surface area contributed by atoms with E-state index in [1.807, 2.05) is 61.5 Å². The summed E-state index contributed by atoms with van der Waals surface area (Å²) in [6.07, 6.45) is 0.780. The number of aromatic nitrogens is 1. The van der Waals surface area contributed by atoms with Crippen LogP contribution in [-0.2, 0) is 14.4 Å². The maximum Gasteiger partial charge on any atom is 0.305 e. The van der Waals surface area contributed by atoms with Crippen molar-refractivity contribution >= 4 is 84.1 Å².